The zero-order chi connectivity index (χ0) is 20.9. The van der Waals surface area contributed by atoms with E-state index in [4.69, 9.17) is 9.84 Å². The van der Waals surface area contributed by atoms with Crippen LogP contribution >= 0.6 is 0 Å². The van der Waals surface area contributed by atoms with Crippen LogP contribution in [0.4, 0.5) is 5.69 Å². The first-order chi connectivity index (χ1) is 14.6. The van der Waals surface area contributed by atoms with E-state index < -0.39 is 0 Å². The molecule has 0 spiro atoms. The highest BCUT2D eigenvalue weighted by Gasteiger charge is 2.18. The summed E-state index contributed by atoms with van der Waals surface area (Å²) in [5.74, 6) is 0.476. The van der Waals surface area contributed by atoms with Crippen LogP contribution in [0.15, 0.2) is 85.1 Å². The topological polar surface area (TPSA) is 56.1 Å². The van der Waals surface area contributed by atoms with E-state index >= 15 is 0 Å². The maximum atomic E-state index is 13.1. The fourth-order valence-corrected chi connectivity index (χ4v) is 3.26. The van der Waals surface area contributed by atoms with Crippen LogP contribution in [0.5, 0.6) is 5.75 Å². The zero-order valence-electron chi connectivity index (χ0n) is 17.0. The number of nitrogens with zero attached hydrogens (tertiary/aromatic N) is 2. The van der Waals surface area contributed by atoms with Crippen molar-refractivity contribution in [3.63, 3.8) is 0 Å². The number of ether oxygens (including phenoxy) is 1. The Hall–Kier alpha value is -3.86. The van der Waals surface area contributed by atoms with Gasteiger partial charge in [0.15, 0.2) is 0 Å². The third-order valence-electron chi connectivity index (χ3n) is 4.85. The molecule has 0 radical (unpaired) electrons. The molecule has 0 saturated heterocycles. The summed E-state index contributed by atoms with van der Waals surface area (Å²) in [5.41, 5.74) is 5.04. The van der Waals surface area contributed by atoms with Crippen LogP contribution in [0.1, 0.15) is 21.5 Å². The van der Waals surface area contributed by atoms with Crippen LogP contribution in [-0.2, 0) is 6.54 Å². The number of benzene rings is 3. The van der Waals surface area contributed by atoms with Gasteiger partial charge in [0.1, 0.15) is 11.4 Å². The molecule has 0 fully saturated rings. The molecule has 0 saturated carbocycles. The van der Waals surface area contributed by atoms with Gasteiger partial charge in [-0.25, -0.2) is 0 Å². The second-order valence-corrected chi connectivity index (χ2v) is 7.13. The van der Waals surface area contributed by atoms with Gasteiger partial charge in [-0.1, -0.05) is 66.2 Å². The van der Waals surface area contributed by atoms with E-state index in [9.17, 15) is 4.79 Å². The van der Waals surface area contributed by atoms with Crippen LogP contribution in [0.25, 0.3) is 11.3 Å². The Bertz CT molecular complexity index is 1150. The van der Waals surface area contributed by atoms with Gasteiger partial charge >= 0.3 is 0 Å². The number of nitrogens with one attached hydrogen (secondary N) is 1. The number of amides is 1. The Balaban J connectivity index is 1.68. The molecule has 150 valence electrons. The van der Waals surface area contributed by atoms with Gasteiger partial charge < -0.3 is 10.1 Å². The lowest BCUT2D eigenvalue weighted by Gasteiger charge is -2.07. The SMILES string of the molecule is COc1cccc(NC(=O)c2cn(Cc3ccccc3)nc2-c2ccc(C)cc2)c1. The molecule has 0 aliphatic heterocycles. The number of anilines is 1. The molecule has 0 bridgehead atoms. The van der Waals surface area contributed by atoms with Gasteiger partial charge in [0.25, 0.3) is 5.91 Å². The molecule has 1 heterocycles. The predicted molar refractivity (Wildman–Crippen MR) is 119 cm³/mol. The Morgan fingerprint density at radius 2 is 1.77 bits per heavy atom. The Kier molecular flexibility index (Phi) is 5.61. The minimum absolute atomic E-state index is 0.210. The third-order valence-corrected chi connectivity index (χ3v) is 4.85. The van der Waals surface area contributed by atoms with Crippen LogP contribution in [-0.4, -0.2) is 22.8 Å². The second kappa shape index (κ2) is 8.66. The number of aromatic nitrogens is 2. The molecule has 5 heteroatoms. The first kappa shape index (κ1) is 19.5. The number of aryl methyl sites for hydroxylation is 1. The minimum Gasteiger partial charge on any atom is -0.497 e. The van der Waals surface area contributed by atoms with Gasteiger partial charge in [-0.05, 0) is 24.6 Å². The average Bonchev–Trinajstić information content (AvgIpc) is 3.19. The van der Waals surface area contributed by atoms with E-state index in [1.165, 1.54) is 0 Å². The summed E-state index contributed by atoms with van der Waals surface area (Å²) in [7, 11) is 1.60. The first-order valence-corrected chi connectivity index (χ1v) is 9.76. The molecule has 1 N–H and O–H groups in total. The summed E-state index contributed by atoms with van der Waals surface area (Å²) in [5, 5.41) is 7.69. The number of carbonyl (C=O) groups is 1. The number of hydrogen-bond acceptors (Lipinski definition) is 3. The molecule has 4 aromatic rings. The van der Waals surface area contributed by atoms with Crippen molar-refractivity contribution in [2.24, 2.45) is 0 Å². The maximum Gasteiger partial charge on any atom is 0.259 e. The van der Waals surface area contributed by atoms with Crippen molar-refractivity contribution in [3.05, 3.63) is 102 Å². The van der Waals surface area contributed by atoms with E-state index in [-0.39, 0.29) is 5.91 Å². The highest BCUT2D eigenvalue weighted by atomic mass is 16.5. The van der Waals surface area contributed by atoms with E-state index in [2.05, 4.69) is 5.32 Å². The van der Waals surface area contributed by atoms with Gasteiger partial charge in [0.2, 0.25) is 0 Å². The Labute approximate surface area is 175 Å². The standard InChI is InChI=1S/C25H23N3O2/c1-18-11-13-20(14-12-18)24-23(17-28(27-24)16-19-7-4-3-5-8-19)25(29)26-21-9-6-10-22(15-21)30-2/h3-15,17H,16H2,1-2H3,(H,26,29). The highest BCUT2D eigenvalue weighted by molar-refractivity contribution is 6.08. The highest BCUT2D eigenvalue weighted by Crippen LogP contribution is 2.25. The van der Waals surface area contributed by atoms with Crippen molar-refractivity contribution in [3.8, 4) is 17.0 Å². The summed E-state index contributed by atoms with van der Waals surface area (Å²) >= 11 is 0. The van der Waals surface area contributed by atoms with E-state index in [0.717, 1.165) is 16.7 Å². The fraction of sp³-hybridized carbons (Fsp3) is 0.120. The first-order valence-electron chi connectivity index (χ1n) is 9.76. The van der Waals surface area contributed by atoms with Gasteiger partial charge in [0, 0.05) is 23.5 Å². The van der Waals surface area contributed by atoms with Crippen molar-refractivity contribution in [1.82, 2.24) is 9.78 Å². The largest absolute Gasteiger partial charge is 0.497 e. The van der Waals surface area contributed by atoms with Crippen molar-refractivity contribution >= 4 is 11.6 Å². The van der Waals surface area contributed by atoms with Crippen LogP contribution in [0.3, 0.4) is 0 Å². The average molecular weight is 397 g/mol. The van der Waals surface area contributed by atoms with Gasteiger partial charge in [-0.2, -0.15) is 5.10 Å². The second-order valence-electron chi connectivity index (χ2n) is 7.13. The van der Waals surface area contributed by atoms with Crippen molar-refractivity contribution in [1.29, 1.82) is 0 Å². The lowest BCUT2D eigenvalue weighted by atomic mass is 10.1. The van der Waals surface area contributed by atoms with Crippen LogP contribution in [0.2, 0.25) is 0 Å². The van der Waals surface area contributed by atoms with Gasteiger partial charge in [-0.15, -0.1) is 0 Å². The predicted octanol–water partition coefficient (Wildman–Crippen LogP) is 5.17. The smallest absolute Gasteiger partial charge is 0.259 e. The lowest BCUT2D eigenvalue weighted by molar-refractivity contribution is 0.102. The maximum absolute atomic E-state index is 13.1. The quantitative estimate of drug-likeness (QED) is 0.488. The summed E-state index contributed by atoms with van der Waals surface area (Å²) in [6.45, 7) is 2.63. The Morgan fingerprint density at radius 1 is 1.00 bits per heavy atom. The number of methoxy groups -OCH3 is 1. The van der Waals surface area contributed by atoms with E-state index in [0.29, 0.717) is 29.2 Å². The molecular weight excluding hydrogens is 374 g/mol. The van der Waals surface area contributed by atoms with Crippen LogP contribution in [0, 0.1) is 6.92 Å². The number of hydrogen-bond donors (Lipinski definition) is 1. The molecule has 3 aromatic carbocycles. The summed E-state index contributed by atoms with van der Waals surface area (Å²) in [6, 6.07) is 25.4. The fourth-order valence-electron chi connectivity index (χ4n) is 3.26. The molecule has 1 aromatic heterocycles. The Morgan fingerprint density at radius 3 is 2.50 bits per heavy atom. The summed E-state index contributed by atoms with van der Waals surface area (Å²) in [4.78, 5) is 13.1. The molecule has 4 rings (SSSR count). The molecular formula is C25H23N3O2. The molecule has 0 atom stereocenters. The van der Waals surface area contributed by atoms with Crippen LogP contribution < -0.4 is 10.1 Å². The molecule has 0 aliphatic carbocycles. The molecule has 30 heavy (non-hydrogen) atoms. The molecule has 5 nitrogen and oxygen atoms in total. The summed E-state index contributed by atoms with van der Waals surface area (Å²) < 4.78 is 7.06. The monoisotopic (exact) mass is 397 g/mol. The van der Waals surface area contributed by atoms with E-state index in [1.807, 2.05) is 84.4 Å². The van der Waals surface area contributed by atoms with E-state index in [1.54, 1.807) is 19.4 Å². The molecule has 1 amide bonds. The summed E-state index contributed by atoms with van der Waals surface area (Å²) in [6.07, 6.45) is 1.80. The number of rotatable bonds is 6. The number of carbonyl (C=O) groups excluding carboxylic acids is 1. The molecule has 0 aliphatic rings. The zero-order valence-corrected chi connectivity index (χ0v) is 17.0. The lowest BCUT2D eigenvalue weighted by Crippen LogP contribution is -2.12. The van der Waals surface area contributed by atoms with Crippen molar-refractivity contribution in [2.75, 3.05) is 12.4 Å². The van der Waals surface area contributed by atoms with Gasteiger partial charge in [0.05, 0.1) is 19.2 Å². The van der Waals surface area contributed by atoms with Crippen molar-refractivity contribution in [2.45, 2.75) is 13.5 Å². The molecule has 0 unspecified atom stereocenters. The normalized spacial score (nSPS) is 10.6. The minimum atomic E-state index is -0.210. The van der Waals surface area contributed by atoms with Crippen molar-refractivity contribution < 1.29 is 9.53 Å². The van der Waals surface area contributed by atoms with Gasteiger partial charge in [-0.3, -0.25) is 9.48 Å². The third kappa shape index (κ3) is 4.41.